The van der Waals surface area contributed by atoms with Crippen molar-refractivity contribution in [3.05, 3.63) is 52.5 Å². The van der Waals surface area contributed by atoms with Gasteiger partial charge in [0.2, 0.25) is 0 Å². The third-order valence-corrected chi connectivity index (χ3v) is 4.78. The highest BCUT2D eigenvalue weighted by Crippen LogP contribution is 2.28. The molecule has 0 aromatic heterocycles. The number of benzene rings is 2. The molecular weight excluding hydrogens is 373 g/mol. The van der Waals surface area contributed by atoms with E-state index in [-0.39, 0.29) is 4.90 Å². The average Bonchev–Trinajstić information content (AvgIpc) is 2.49. The predicted molar refractivity (Wildman–Crippen MR) is 94.7 cm³/mol. The largest absolute Gasteiger partial charge is 0.479 e. The Morgan fingerprint density at radius 3 is 2.29 bits per heavy atom. The van der Waals surface area contributed by atoms with E-state index >= 15 is 0 Å². The van der Waals surface area contributed by atoms with Gasteiger partial charge in [0.1, 0.15) is 5.75 Å². The van der Waals surface area contributed by atoms with E-state index in [1.807, 2.05) is 0 Å². The molecule has 0 unspecified atom stereocenters. The van der Waals surface area contributed by atoms with Gasteiger partial charge in [-0.25, -0.2) is 8.42 Å². The summed E-state index contributed by atoms with van der Waals surface area (Å²) in [5.41, 5.74) is 0.463. The maximum absolute atomic E-state index is 12.2. The van der Waals surface area contributed by atoms with Gasteiger partial charge in [-0.15, -0.1) is 0 Å². The monoisotopic (exact) mass is 387 g/mol. The number of hydrogen-bond acceptors (Lipinski definition) is 4. The van der Waals surface area contributed by atoms with Gasteiger partial charge in [-0.3, -0.25) is 4.79 Å². The number of hydrogen-bond donors (Lipinski definition) is 1. The van der Waals surface area contributed by atoms with Crippen LogP contribution in [-0.2, 0) is 14.6 Å². The van der Waals surface area contributed by atoms with E-state index < -0.39 is 21.8 Å². The Morgan fingerprint density at radius 1 is 1.12 bits per heavy atom. The van der Waals surface area contributed by atoms with E-state index in [4.69, 9.17) is 27.9 Å². The van der Waals surface area contributed by atoms with Crippen LogP contribution in [0.15, 0.2) is 47.4 Å². The van der Waals surface area contributed by atoms with Gasteiger partial charge < -0.3 is 10.1 Å². The lowest BCUT2D eigenvalue weighted by atomic mass is 10.3. The highest BCUT2D eigenvalue weighted by atomic mass is 35.5. The van der Waals surface area contributed by atoms with Crippen molar-refractivity contribution in [1.82, 2.24) is 0 Å². The number of ether oxygens (including phenoxy) is 1. The van der Waals surface area contributed by atoms with Crippen molar-refractivity contribution in [2.75, 3.05) is 11.6 Å². The molecule has 24 heavy (non-hydrogen) atoms. The SMILES string of the molecule is C[C@@H](Oc1ccc(Cl)cc1Cl)C(=O)Nc1ccc(S(C)(=O)=O)cc1. The fraction of sp³-hybridized carbons (Fsp3) is 0.188. The van der Waals surface area contributed by atoms with Crippen LogP contribution < -0.4 is 10.1 Å². The topological polar surface area (TPSA) is 72.5 Å². The lowest BCUT2D eigenvalue weighted by molar-refractivity contribution is -0.122. The molecule has 0 saturated carbocycles. The van der Waals surface area contributed by atoms with E-state index in [2.05, 4.69) is 5.32 Å². The van der Waals surface area contributed by atoms with Gasteiger partial charge in [0, 0.05) is 17.0 Å². The van der Waals surface area contributed by atoms with Crippen molar-refractivity contribution in [3.8, 4) is 5.75 Å². The molecule has 0 bridgehead atoms. The summed E-state index contributed by atoms with van der Waals surface area (Å²) >= 11 is 11.8. The van der Waals surface area contributed by atoms with E-state index in [0.29, 0.717) is 21.5 Å². The molecule has 2 aromatic carbocycles. The second-order valence-electron chi connectivity index (χ2n) is 5.12. The molecule has 0 heterocycles. The van der Waals surface area contributed by atoms with Crippen LogP contribution in [0.2, 0.25) is 10.0 Å². The highest BCUT2D eigenvalue weighted by molar-refractivity contribution is 7.90. The van der Waals surface area contributed by atoms with Gasteiger partial charge >= 0.3 is 0 Å². The molecule has 8 heteroatoms. The molecule has 1 N–H and O–H groups in total. The Bertz CT molecular complexity index is 851. The number of sulfone groups is 1. The van der Waals surface area contributed by atoms with Gasteiger partial charge in [0.15, 0.2) is 15.9 Å². The second kappa shape index (κ2) is 7.42. The minimum Gasteiger partial charge on any atom is -0.479 e. The number of carbonyl (C=O) groups excluding carboxylic acids is 1. The maximum atomic E-state index is 12.2. The molecule has 1 atom stereocenters. The van der Waals surface area contributed by atoms with Gasteiger partial charge in [0.05, 0.1) is 9.92 Å². The summed E-state index contributed by atoms with van der Waals surface area (Å²) in [6.07, 6.45) is 0.310. The third kappa shape index (κ3) is 4.87. The fourth-order valence-corrected chi connectivity index (χ4v) is 2.93. The summed E-state index contributed by atoms with van der Waals surface area (Å²) in [6, 6.07) is 10.6. The molecule has 2 rings (SSSR count). The van der Waals surface area contributed by atoms with E-state index in [1.54, 1.807) is 19.1 Å². The molecule has 0 spiro atoms. The van der Waals surface area contributed by atoms with Crippen molar-refractivity contribution >= 4 is 44.6 Å². The quantitative estimate of drug-likeness (QED) is 0.846. The minimum atomic E-state index is -3.28. The Balaban J connectivity index is 2.03. The molecule has 128 valence electrons. The smallest absolute Gasteiger partial charge is 0.265 e. The number of nitrogens with one attached hydrogen (secondary N) is 1. The van der Waals surface area contributed by atoms with Crippen LogP contribution >= 0.6 is 23.2 Å². The fourth-order valence-electron chi connectivity index (χ4n) is 1.84. The molecule has 0 aliphatic carbocycles. The summed E-state index contributed by atoms with van der Waals surface area (Å²) in [5, 5.41) is 3.42. The third-order valence-electron chi connectivity index (χ3n) is 3.12. The highest BCUT2D eigenvalue weighted by Gasteiger charge is 2.17. The molecule has 5 nitrogen and oxygen atoms in total. The van der Waals surface area contributed by atoms with Gasteiger partial charge in [-0.1, -0.05) is 23.2 Å². The predicted octanol–water partition coefficient (Wildman–Crippen LogP) is 3.80. The summed E-state index contributed by atoms with van der Waals surface area (Å²) in [6.45, 7) is 1.57. The first kappa shape index (κ1) is 18.6. The summed E-state index contributed by atoms with van der Waals surface area (Å²) in [5.74, 6) is -0.0516. The molecule has 0 fully saturated rings. The normalized spacial score (nSPS) is 12.5. The van der Waals surface area contributed by atoms with Crippen LogP contribution in [0, 0.1) is 0 Å². The van der Waals surface area contributed by atoms with E-state index in [9.17, 15) is 13.2 Å². The first-order valence-electron chi connectivity index (χ1n) is 6.89. The molecule has 0 saturated heterocycles. The first-order valence-corrected chi connectivity index (χ1v) is 9.54. The summed E-state index contributed by atoms with van der Waals surface area (Å²) in [4.78, 5) is 12.3. The second-order valence-corrected chi connectivity index (χ2v) is 7.98. The van der Waals surface area contributed by atoms with Gasteiger partial charge in [-0.05, 0) is 49.4 Å². The number of carbonyl (C=O) groups is 1. The number of amides is 1. The standard InChI is InChI=1S/C16H15Cl2NO4S/c1-10(23-15-8-3-11(17)9-14(15)18)16(20)19-12-4-6-13(7-5-12)24(2,21)22/h3-10H,1-2H3,(H,19,20)/t10-/m1/s1. The lowest BCUT2D eigenvalue weighted by Crippen LogP contribution is -2.30. The van der Waals surface area contributed by atoms with Crippen LogP contribution in [0.4, 0.5) is 5.69 Å². The van der Waals surface area contributed by atoms with Crippen molar-refractivity contribution in [3.63, 3.8) is 0 Å². The number of halogens is 2. The van der Waals surface area contributed by atoms with Crippen LogP contribution in [0.3, 0.4) is 0 Å². The summed E-state index contributed by atoms with van der Waals surface area (Å²) < 4.78 is 28.3. The Kier molecular flexibility index (Phi) is 5.74. The summed E-state index contributed by atoms with van der Waals surface area (Å²) in [7, 11) is -3.28. The van der Waals surface area contributed by atoms with Crippen LogP contribution in [-0.4, -0.2) is 26.7 Å². The van der Waals surface area contributed by atoms with Crippen molar-refractivity contribution in [1.29, 1.82) is 0 Å². The van der Waals surface area contributed by atoms with E-state index in [1.165, 1.54) is 30.3 Å². The number of rotatable bonds is 5. The van der Waals surface area contributed by atoms with Crippen LogP contribution in [0.5, 0.6) is 5.75 Å². The Labute approximate surface area is 150 Å². The molecular formula is C16H15Cl2NO4S. The zero-order valence-corrected chi connectivity index (χ0v) is 15.2. The zero-order valence-electron chi connectivity index (χ0n) is 12.9. The molecule has 0 aliphatic heterocycles. The van der Waals surface area contributed by atoms with E-state index in [0.717, 1.165) is 6.26 Å². The molecule has 2 aromatic rings. The van der Waals surface area contributed by atoms with Crippen molar-refractivity contribution < 1.29 is 17.9 Å². The lowest BCUT2D eigenvalue weighted by Gasteiger charge is -2.16. The Hall–Kier alpha value is -1.76. The molecule has 0 aliphatic rings. The van der Waals surface area contributed by atoms with Crippen LogP contribution in [0.25, 0.3) is 0 Å². The van der Waals surface area contributed by atoms with Crippen molar-refractivity contribution in [2.24, 2.45) is 0 Å². The van der Waals surface area contributed by atoms with Gasteiger partial charge in [0.25, 0.3) is 5.91 Å². The van der Waals surface area contributed by atoms with Gasteiger partial charge in [-0.2, -0.15) is 0 Å². The number of anilines is 1. The maximum Gasteiger partial charge on any atom is 0.265 e. The average molecular weight is 388 g/mol. The first-order chi connectivity index (χ1) is 11.2. The Morgan fingerprint density at radius 2 is 1.75 bits per heavy atom. The zero-order chi connectivity index (χ0) is 17.9. The molecule has 1 amide bonds. The van der Waals surface area contributed by atoms with Crippen LogP contribution in [0.1, 0.15) is 6.92 Å². The molecule has 0 radical (unpaired) electrons. The minimum absolute atomic E-state index is 0.178. The van der Waals surface area contributed by atoms with Crippen molar-refractivity contribution in [2.45, 2.75) is 17.9 Å².